The second kappa shape index (κ2) is 7.84. The fraction of sp³-hybridized carbons (Fsp3) is 0.450. The molecule has 2 nitrogen and oxygen atoms in total. The molecule has 0 heterocycles. The molecule has 2 heteroatoms. The second-order valence-corrected chi connectivity index (χ2v) is 6.58. The van der Waals surface area contributed by atoms with Crippen LogP contribution >= 0.6 is 0 Å². The standard InChI is InChI=1S/C20H26O2/c1-15(8-6-9-16(2)14-19(21)22)11-12-18-17(3)10-7-13-20(18,4)5/h6,8-9,14H,7,10,13H2,1-5H3,(H,21,22). The van der Waals surface area contributed by atoms with Gasteiger partial charge in [0.2, 0.25) is 0 Å². The highest BCUT2D eigenvalue weighted by atomic mass is 16.4. The normalized spacial score (nSPS) is 19.1. The van der Waals surface area contributed by atoms with Crippen LogP contribution in [0.25, 0.3) is 0 Å². The molecular formula is C20H26O2. The lowest BCUT2D eigenvalue weighted by atomic mass is 9.73. The van der Waals surface area contributed by atoms with Crippen LogP contribution in [0.1, 0.15) is 53.9 Å². The molecule has 1 aliphatic rings. The van der Waals surface area contributed by atoms with Crippen molar-refractivity contribution in [3.05, 3.63) is 46.6 Å². The van der Waals surface area contributed by atoms with Gasteiger partial charge >= 0.3 is 5.97 Å². The third-order valence-corrected chi connectivity index (χ3v) is 3.90. The van der Waals surface area contributed by atoms with E-state index < -0.39 is 5.97 Å². The zero-order chi connectivity index (χ0) is 16.8. The van der Waals surface area contributed by atoms with Gasteiger partial charge in [-0.3, -0.25) is 0 Å². The average molecular weight is 298 g/mol. The smallest absolute Gasteiger partial charge is 0.328 e. The lowest BCUT2D eigenvalue weighted by Crippen LogP contribution is -2.19. The second-order valence-electron chi connectivity index (χ2n) is 6.58. The fourth-order valence-corrected chi connectivity index (χ4v) is 2.69. The molecule has 0 aliphatic heterocycles. The van der Waals surface area contributed by atoms with E-state index in [9.17, 15) is 4.79 Å². The summed E-state index contributed by atoms with van der Waals surface area (Å²) in [6.07, 6.45) is 10.3. The zero-order valence-corrected chi connectivity index (χ0v) is 14.3. The minimum absolute atomic E-state index is 0.173. The van der Waals surface area contributed by atoms with Crippen molar-refractivity contribution in [3.63, 3.8) is 0 Å². The minimum Gasteiger partial charge on any atom is -0.478 e. The maximum atomic E-state index is 10.5. The van der Waals surface area contributed by atoms with Crippen LogP contribution in [0.5, 0.6) is 0 Å². The molecule has 0 fully saturated rings. The van der Waals surface area contributed by atoms with Crippen LogP contribution in [0.15, 0.2) is 46.6 Å². The summed E-state index contributed by atoms with van der Waals surface area (Å²) in [5.41, 5.74) is 4.54. The topological polar surface area (TPSA) is 37.3 Å². The monoisotopic (exact) mass is 298 g/mol. The highest BCUT2D eigenvalue weighted by Crippen LogP contribution is 2.39. The minimum atomic E-state index is -0.926. The van der Waals surface area contributed by atoms with Gasteiger partial charge in [-0.25, -0.2) is 4.79 Å². The van der Waals surface area contributed by atoms with Crippen molar-refractivity contribution in [1.29, 1.82) is 0 Å². The third-order valence-electron chi connectivity index (χ3n) is 3.90. The molecule has 0 aromatic carbocycles. The summed E-state index contributed by atoms with van der Waals surface area (Å²) in [4.78, 5) is 10.5. The van der Waals surface area contributed by atoms with Crippen molar-refractivity contribution in [2.75, 3.05) is 0 Å². The van der Waals surface area contributed by atoms with Crippen LogP contribution in [0.3, 0.4) is 0 Å². The van der Waals surface area contributed by atoms with E-state index in [4.69, 9.17) is 5.11 Å². The van der Waals surface area contributed by atoms with Crippen LogP contribution in [-0.2, 0) is 4.79 Å². The Hall–Kier alpha value is -2.01. The summed E-state index contributed by atoms with van der Waals surface area (Å²) < 4.78 is 0. The lowest BCUT2D eigenvalue weighted by molar-refractivity contribution is -0.131. The summed E-state index contributed by atoms with van der Waals surface area (Å²) in [7, 11) is 0. The quantitative estimate of drug-likeness (QED) is 0.450. The van der Waals surface area contributed by atoms with Crippen molar-refractivity contribution in [3.8, 4) is 11.8 Å². The molecule has 1 aliphatic carbocycles. The van der Waals surface area contributed by atoms with Gasteiger partial charge in [0.15, 0.2) is 0 Å². The van der Waals surface area contributed by atoms with Crippen LogP contribution < -0.4 is 0 Å². The first-order valence-electron chi connectivity index (χ1n) is 7.71. The van der Waals surface area contributed by atoms with E-state index >= 15 is 0 Å². The number of carbonyl (C=O) groups is 1. The van der Waals surface area contributed by atoms with E-state index in [1.165, 1.54) is 30.1 Å². The number of carboxylic acids is 1. The molecule has 0 radical (unpaired) electrons. The van der Waals surface area contributed by atoms with Crippen LogP contribution in [0.2, 0.25) is 0 Å². The van der Waals surface area contributed by atoms with Gasteiger partial charge in [-0.1, -0.05) is 49.5 Å². The number of allylic oxidation sites excluding steroid dienone is 7. The van der Waals surface area contributed by atoms with E-state index in [-0.39, 0.29) is 5.41 Å². The van der Waals surface area contributed by atoms with Crippen LogP contribution in [0.4, 0.5) is 0 Å². The van der Waals surface area contributed by atoms with Crippen molar-refractivity contribution in [2.24, 2.45) is 5.41 Å². The number of hydrogen-bond donors (Lipinski definition) is 1. The van der Waals surface area contributed by atoms with Gasteiger partial charge in [-0.2, -0.15) is 0 Å². The molecule has 0 aromatic heterocycles. The van der Waals surface area contributed by atoms with E-state index in [0.717, 1.165) is 12.0 Å². The highest BCUT2D eigenvalue weighted by Gasteiger charge is 2.27. The number of hydrogen-bond acceptors (Lipinski definition) is 1. The van der Waals surface area contributed by atoms with Gasteiger partial charge in [-0.15, -0.1) is 0 Å². The first-order chi connectivity index (χ1) is 10.2. The van der Waals surface area contributed by atoms with Crippen molar-refractivity contribution < 1.29 is 9.90 Å². The number of aliphatic carboxylic acids is 1. The first kappa shape index (κ1) is 18.0. The molecule has 1 rings (SSSR count). The number of rotatable bonds is 3. The van der Waals surface area contributed by atoms with Gasteiger partial charge in [0.05, 0.1) is 0 Å². The summed E-state index contributed by atoms with van der Waals surface area (Å²) in [6, 6.07) is 0. The van der Waals surface area contributed by atoms with Crippen molar-refractivity contribution in [1.82, 2.24) is 0 Å². The molecule has 0 spiro atoms. The Bertz CT molecular complexity index is 614. The molecule has 22 heavy (non-hydrogen) atoms. The molecule has 0 saturated carbocycles. The third kappa shape index (κ3) is 5.77. The molecule has 0 bridgehead atoms. The first-order valence-corrected chi connectivity index (χ1v) is 7.71. The van der Waals surface area contributed by atoms with E-state index in [1.54, 1.807) is 13.0 Å². The summed E-state index contributed by atoms with van der Waals surface area (Å²) >= 11 is 0. The Morgan fingerprint density at radius 1 is 1.32 bits per heavy atom. The van der Waals surface area contributed by atoms with Crippen molar-refractivity contribution in [2.45, 2.75) is 53.9 Å². The van der Waals surface area contributed by atoms with Crippen LogP contribution in [-0.4, -0.2) is 11.1 Å². The Balaban J connectivity index is 2.85. The SMILES string of the molecule is CC(C#CC1=C(C)CCCC1(C)C)=CC=CC(C)=CC(=O)O. The Morgan fingerprint density at radius 2 is 2.00 bits per heavy atom. The van der Waals surface area contributed by atoms with E-state index in [1.807, 2.05) is 19.1 Å². The van der Waals surface area contributed by atoms with Crippen LogP contribution in [0, 0.1) is 17.3 Å². The molecule has 1 N–H and O–H groups in total. The largest absolute Gasteiger partial charge is 0.478 e. The molecular weight excluding hydrogens is 272 g/mol. The molecule has 0 atom stereocenters. The average Bonchev–Trinajstić information content (AvgIpc) is 2.36. The predicted octanol–water partition coefficient (Wildman–Crippen LogP) is 5.05. The molecule has 118 valence electrons. The Morgan fingerprint density at radius 3 is 2.59 bits per heavy atom. The Kier molecular flexibility index (Phi) is 6.43. The van der Waals surface area contributed by atoms with Gasteiger partial charge in [0.1, 0.15) is 0 Å². The summed E-state index contributed by atoms with van der Waals surface area (Å²) in [5.74, 6) is 5.64. The maximum Gasteiger partial charge on any atom is 0.328 e. The van der Waals surface area contributed by atoms with Gasteiger partial charge in [0.25, 0.3) is 0 Å². The highest BCUT2D eigenvalue weighted by molar-refractivity contribution is 5.81. The molecule has 0 aromatic rings. The maximum absolute atomic E-state index is 10.5. The van der Waals surface area contributed by atoms with Gasteiger partial charge < -0.3 is 5.11 Å². The number of carboxylic acid groups (broad SMARTS) is 1. The predicted molar refractivity (Wildman–Crippen MR) is 92.4 cm³/mol. The summed E-state index contributed by atoms with van der Waals surface area (Å²) in [6.45, 7) is 10.4. The molecule has 0 saturated heterocycles. The summed E-state index contributed by atoms with van der Waals surface area (Å²) in [5, 5.41) is 8.64. The van der Waals surface area contributed by atoms with E-state index in [2.05, 4.69) is 32.6 Å². The molecule has 0 amide bonds. The Labute approximate surface area is 134 Å². The lowest BCUT2D eigenvalue weighted by Gasteiger charge is -2.31. The van der Waals surface area contributed by atoms with Gasteiger partial charge in [0, 0.05) is 11.6 Å². The van der Waals surface area contributed by atoms with E-state index in [0.29, 0.717) is 5.57 Å². The van der Waals surface area contributed by atoms with Gasteiger partial charge in [-0.05, 0) is 56.6 Å². The zero-order valence-electron chi connectivity index (χ0n) is 14.3. The molecule has 0 unspecified atom stereocenters. The van der Waals surface area contributed by atoms with Crippen molar-refractivity contribution >= 4 is 5.97 Å². The fourth-order valence-electron chi connectivity index (χ4n) is 2.69.